The van der Waals surface area contributed by atoms with E-state index in [1.807, 2.05) is 24.3 Å². The number of para-hydroxylation sites is 2. The molecular weight excluding hydrogens is 288 g/mol. The monoisotopic (exact) mass is 308 g/mol. The first-order chi connectivity index (χ1) is 11.3. The Bertz CT molecular complexity index is 748. The topological polar surface area (TPSA) is 81.2 Å². The van der Waals surface area contributed by atoms with Crippen molar-refractivity contribution in [3.63, 3.8) is 0 Å². The molecule has 1 aromatic carbocycles. The van der Waals surface area contributed by atoms with Crippen LogP contribution >= 0.6 is 0 Å². The van der Waals surface area contributed by atoms with Gasteiger partial charge in [0.05, 0.1) is 29.0 Å². The van der Waals surface area contributed by atoms with Gasteiger partial charge in [-0.05, 0) is 37.3 Å². The summed E-state index contributed by atoms with van der Waals surface area (Å²) in [5.41, 5.74) is 8.94. The summed E-state index contributed by atoms with van der Waals surface area (Å²) in [5, 5.41) is 0. The van der Waals surface area contributed by atoms with Crippen LogP contribution in [-0.4, -0.2) is 28.5 Å². The molecule has 118 valence electrons. The highest BCUT2D eigenvalue weighted by atomic mass is 16.1. The molecule has 0 bridgehead atoms. The highest BCUT2D eigenvalue weighted by Crippen LogP contribution is 2.33. The van der Waals surface area contributed by atoms with Crippen LogP contribution in [0.15, 0.2) is 41.7 Å². The molecule has 0 atom stereocenters. The van der Waals surface area contributed by atoms with Gasteiger partial charge in [-0.15, -0.1) is 0 Å². The Kier molecular flexibility index (Phi) is 4.76. The molecule has 5 nitrogen and oxygen atoms in total. The predicted molar refractivity (Wildman–Crippen MR) is 92.0 cm³/mol. The van der Waals surface area contributed by atoms with Crippen molar-refractivity contribution in [2.24, 2.45) is 16.6 Å². The molecule has 1 aliphatic carbocycles. The van der Waals surface area contributed by atoms with Crippen molar-refractivity contribution >= 4 is 29.1 Å². The summed E-state index contributed by atoms with van der Waals surface area (Å²) in [6.07, 6.45) is 9.75. The second-order valence-electron chi connectivity index (χ2n) is 5.88. The third-order valence-electron chi connectivity index (χ3n) is 4.25. The number of aldehydes is 1. The SMILES string of the molecule is NC=C(C=NC1CC(CCC=O)C1)c1cnc2ccccc2n1. The molecular formula is C18H20N4O. The number of nitrogens with zero attached hydrogens (tertiary/aromatic N) is 3. The summed E-state index contributed by atoms with van der Waals surface area (Å²) in [6.45, 7) is 0. The number of aliphatic imine (C=N–C) groups is 1. The molecule has 1 aromatic heterocycles. The van der Waals surface area contributed by atoms with Gasteiger partial charge >= 0.3 is 0 Å². The van der Waals surface area contributed by atoms with Crippen LogP contribution in [0.5, 0.6) is 0 Å². The fraction of sp³-hybridized carbons (Fsp3) is 0.333. The minimum Gasteiger partial charge on any atom is -0.404 e. The van der Waals surface area contributed by atoms with Crippen molar-refractivity contribution in [3.8, 4) is 0 Å². The van der Waals surface area contributed by atoms with Crippen molar-refractivity contribution in [3.05, 3.63) is 42.4 Å². The molecule has 0 amide bonds. The minimum absolute atomic E-state index is 0.329. The smallest absolute Gasteiger partial charge is 0.120 e. The first kappa shape index (κ1) is 15.3. The molecule has 1 heterocycles. The Morgan fingerprint density at radius 1 is 1.30 bits per heavy atom. The predicted octanol–water partition coefficient (Wildman–Crippen LogP) is 2.76. The van der Waals surface area contributed by atoms with Gasteiger partial charge in [-0.1, -0.05) is 12.1 Å². The molecule has 23 heavy (non-hydrogen) atoms. The van der Waals surface area contributed by atoms with Crippen LogP contribution in [0.25, 0.3) is 16.6 Å². The normalized spacial score (nSPS) is 21.5. The first-order valence-electron chi connectivity index (χ1n) is 7.91. The number of hydrogen-bond donors (Lipinski definition) is 1. The quantitative estimate of drug-likeness (QED) is 0.657. The summed E-state index contributed by atoms with van der Waals surface area (Å²) in [7, 11) is 0. The van der Waals surface area contributed by atoms with Gasteiger partial charge in [-0.2, -0.15) is 0 Å². The standard InChI is InChI=1S/C18H20N4O/c19-10-14(11-20-15-8-13(9-15)4-3-7-23)18-12-21-16-5-1-2-6-17(16)22-18/h1-2,5-7,10-13,15H,3-4,8-9,19H2. The van der Waals surface area contributed by atoms with E-state index in [4.69, 9.17) is 5.73 Å². The first-order valence-corrected chi connectivity index (χ1v) is 7.91. The Hall–Kier alpha value is -2.56. The zero-order valence-corrected chi connectivity index (χ0v) is 12.9. The summed E-state index contributed by atoms with van der Waals surface area (Å²) >= 11 is 0. The third kappa shape index (κ3) is 3.62. The number of benzene rings is 1. The van der Waals surface area contributed by atoms with E-state index >= 15 is 0 Å². The average Bonchev–Trinajstić information content (AvgIpc) is 2.56. The maximum atomic E-state index is 10.4. The van der Waals surface area contributed by atoms with Gasteiger partial charge in [-0.25, -0.2) is 4.98 Å². The zero-order chi connectivity index (χ0) is 16.1. The van der Waals surface area contributed by atoms with E-state index in [2.05, 4.69) is 15.0 Å². The van der Waals surface area contributed by atoms with Crippen LogP contribution in [0.3, 0.4) is 0 Å². The molecule has 1 fully saturated rings. The zero-order valence-electron chi connectivity index (χ0n) is 12.9. The van der Waals surface area contributed by atoms with Crippen molar-refractivity contribution < 1.29 is 4.79 Å². The van der Waals surface area contributed by atoms with E-state index < -0.39 is 0 Å². The number of aromatic nitrogens is 2. The number of carbonyl (C=O) groups is 1. The van der Waals surface area contributed by atoms with Gasteiger partial charge in [0, 0.05) is 24.4 Å². The van der Waals surface area contributed by atoms with Gasteiger partial charge < -0.3 is 10.5 Å². The van der Waals surface area contributed by atoms with Gasteiger partial charge in [0.2, 0.25) is 0 Å². The van der Waals surface area contributed by atoms with Gasteiger partial charge in [-0.3, -0.25) is 9.98 Å². The van der Waals surface area contributed by atoms with Gasteiger partial charge in [0.1, 0.15) is 6.29 Å². The molecule has 1 saturated carbocycles. The molecule has 2 aromatic rings. The minimum atomic E-state index is 0.329. The molecule has 1 aliphatic rings. The molecule has 0 radical (unpaired) electrons. The number of hydrogen-bond acceptors (Lipinski definition) is 5. The summed E-state index contributed by atoms with van der Waals surface area (Å²) in [4.78, 5) is 23.9. The summed E-state index contributed by atoms with van der Waals surface area (Å²) < 4.78 is 0. The molecule has 0 saturated heterocycles. The van der Waals surface area contributed by atoms with E-state index in [1.165, 1.54) is 6.20 Å². The fourth-order valence-electron chi connectivity index (χ4n) is 2.84. The van der Waals surface area contributed by atoms with Crippen LogP contribution in [0, 0.1) is 5.92 Å². The van der Waals surface area contributed by atoms with Crippen molar-refractivity contribution in [1.82, 2.24) is 9.97 Å². The lowest BCUT2D eigenvalue weighted by atomic mass is 9.78. The maximum Gasteiger partial charge on any atom is 0.120 e. The Labute approximate surface area is 135 Å². The lowest BCUT2D eigenvalue weighted by molar-refractivity contribution is -0.108. The number of nitrogens with two attached hydrogens (primary N) is 1. The van der Waals surface area contributed by atoms with E-state index in [-0.39, 0.29) is 0 Å². The number of carbonyl (C=O) groups excluding carboxylic acids is 1. The van der Waals surface area contributed by atoms with Crippen LogP contribution in [-0.2, 0) is 4.79 Å². The highest BCUT2D eigenvalue weighted by Gasteiger charge is 2.27. The molecule has 0 unspecified atom stereocenters. The van der Waals surface area contributed by atoms with E-state index in [1.54, 1.807) is 12.4 Å². The summed E-state index contributed by atoms with van der Waals surface area (Å²) in [5.74, 6) is 0.633. The third-order valence-corrected chi connectivity index (χ3v) is 4.25. The van der Waals surface area contributed by atoms with E-state index in [0.29, 0.717) is 18.4 Å². The van der Waals surface area contributed by atoms with Crippen LogP contribution < -0.4 is 5.73 Å². The van der Waals surface area contributed by atoms with Crippen LogP contribution in [0.4, 0.5) is 0 Å². The molecule has 0 aliphatic heterocycles. The van der Waals surface area contributed by atoms with Gasteiger partial charge in [0.25, 0.3) is 0 Å². The Morgan fingerprint density at radius 2 is 2.09 bits per heavy atom. The van der Waals surface area contributed by atoms with Crippen molar-refractivity contribution in [2.45, 2.75) is 31.7 Å². The molecule has 3 rings (SSSR count). The van der Waals surface area contributed by atoms with E-state index in [0.717, 1.165) is 47.8 Å². The molecule has 0 spiro atoms. The second-order valence-corrected chi connectivity index (χ2v) is 5.88. The fourth-order valence-corrected chi connectivity index (χ4v) is 2.84. The Balaban J connectivity index is 1.66. The number of fused-ring (bicyclic) bond motifs is 1. The maximum absolute atomic E-state index is 10.4. The second kappa shape index (κ2) is 7.13. The summed E-state index contributed by atoms with van der Waals surface area (Å²) in [6, 6.07) is 8.07. The molecule has 5 heteroatoms. The number of allylic oxidation sites excluding steroid dienone is 1. The lowest BCUT2D eigenvalue weighted by Gasteiger charge is -2.32. The van der Waals surface area contributed by atoms with Crippen molar-refractivity contribution in [1.29, 1.82) is 0 Å². The highest BCUT2D eigenvalue weighted by molar-refractivity contribution is 6.09. The average molecular weight is 308 g/mol. The van der Waals surface area contributed by atoms with Crippen molar-refractivity contribution in [2.75, 3.05) is 0 Å². The van der Waals surface area contributed by atoms with Crippen LogP contribution in [0.2, 0.25) is 0 Å². The number of rotatable bonds is 6. The lowest BCUT2D eigenvalue weighted by Crippen LogP contribution is -2.27. The van der Waals surface area contributed by atoms with E-state index in [9.17, 15) is 4.79 Å². The Morgan fingerprint density at radius 3 is 2.83 bits per heavy atom. The largest absolute Gasteiger partial charge is 0.404 e. The molecule has 2 N–H and O–H groups in total. The van der Waals surface area contributed by atoms with Crippen LogP contribution in [0.1, 0.15) is 31.4 Å². The van der Waals surface area contributed by atoms with Gasteiger partial charge in [0.15, 0.2) is 0 Å².